The Morgan fingerprint density at radius 1 is 0.972 bits per heavy atom. The van der Waals surface area contributed by atoms with E-state index >= 15 is 0 Å². The number of piperidine rings is 1. The Bertz CT molecular complexity index is 1480. The van der Waals surface area contributed by atoms with Gasteiger partial charge in [-0.15, -0.1) is 0 Å². The number of carbonyl (C=O) groups is 1. The number of hydrogen-bond donors (Lipinski definition) is 1. The molecule has 3 aromatic carbocycles. The summed E-state index contributed by atoms with van der Waals surface area (Å²) in [6.45, 7) is 3.73. The Morgan fingerprint density at radius 2 is 1.72 bits per heavy atom. The molecule has 1 aliphatic rings. The molecule has 7 heteroatoms. The van der Waals surface area contributed by atoms with Gasteiger partial charge in [-0.1, -0.05) is 48.5 Å². The molecule has 1 saturated heterocycles. The molecule has 2 heterocycles. The van der Waals surface area contributed by atoms with Crippen LogP contribution in [0.25, 0.3) is 21.8 Å². The van der Waals surface area contributed by atoms with E-state index in [1.807, 2.05) is 54.6 Å². The molecule has 6 nitrogen and oxygen atoms in total. The van der Waals surface area contributed by atoms with Gasteiger partial charge < -0.3 is 9.88 Å². The van der Waals surface area contributed by atoms with Gasteiger partial charge in [0.2, 0.25) is 15.9 Å². The Hall–Kier alpha value is -3.16. The van der Waals surface area contributed by atoms with Crippen molar-refractivity contribution < 1.29 is 13.2 Å². The Balaban J connectivity index is 1.25. The Labute approximate surface area is 213 Å². The van der Waals surface area contributed by atoms with Crippen molar-refractivity contribution in [3.05, 3.63) is 78.4 Å². The average molecular weight is 504 g/mol. The molecule has 1 aromatic heterocycles. The summed E-state index contributed by atoms with van der Waals surface area (Å²) < 4.78 is 29.8. The van der Waals surface area contributed by atoms with E-state index < -0.39 is 10.0 Å². The minimum atomic E-state index is -3.40. The fourth-order valence-corrected chi connectivity index (χ4v) is 6.94. The summed E-state index contributed by atoms with van der Waals surface area (Å²) in [4.78, 5) is 13.2. The number of aromatic nitrogens is 1. The summed E-state index contributed by atoms with van der Waals surface area (Å²) in [5, 5.41) is 5.33. The van der Waals surface area contributed by atoms with Gasteiger partial charge in [0.15, 0.2) is 0 Å². The number of fused-ring (bicyclic) bond motifs is 3. The molecular formula is C29H33N3O3S. The van der Waals surface area contributed by atoms with Gasteiger partial charge in [0.1, 0.15) is 0 Å². The average Bonchev–Trinajstić information content (AvgIpc) is 3.22. The number of aryl methyl sites for hydroxylation is 2. The van der Waals surface area contributed by atoms with E-state index in [4.69, 9.17) is 0 Å². The van der Waals surface area contributed by atoms with Crippen LogP contribution in [0.3, 0.4) is 0 Å². The number of rotatable bonds is 8. The van der Waals surface area contributed by atoms with Crippen molar-refractivity contribution in [3.8, 4) is 0 Å². The molecule has 1 unspecified atom stereocenters. The first kappa shape index (κ1) is 24.5. The lowest BCUT2D eigenvalue weighted by Crippen LogP contribution is -2.44. The number of nitrogens with zero attached hydrogens (tertiary/aromatic N) is 2. The number of benzene rings is 3. The van der Waals surface area contributed by atoms with Gasteiger partial charge in [0.05, 0.1) is 11.7 Å². The van der Waals surface area contributed by atoms with Gasteiger partial charge >= 0.3 is 0 Å². The molecule has 0 radical (unpaired) electrons. The third-order valence-electron chi connectivity index (χ3n) is 7.22. The van der Waals surface area contributed by atoms with E-state index in [1.54, 1.807) is 0 Å². The van der Waals surface area contributed by atoms with Crippen LogP contribution in [0.5, 0.6) is 0 Å². The van der Waals surface area contributed by atoms with Crippen LogP contribution in [0.4, 0.5) is 5.69 Å². The molecule has 5 rings (SSSR count). The quantitative estimate of drug-likeness (QED) is 0.349. The van der Waals surface area contributed by atoms with Gasteiger partial charge in [0, 0.05) is 47.1 Å². The normalized spacial score (nSPS) is 17.0. The highest BCUT2D eigenvalue weighted by molar-refractivity contribution is 7.89. The third-order valence-corrected chi connectivity index (χ3v) is 9.14. The van der Waals surface area contributed by atoms with Crippen molar-refractivity contribution in [2.45, 2.75) is 39.2 Å². The molecule has 188 valence electrons. The van der Waals surface area contributed by atoms with Gasteiger partial charge in [0.25, 0.3) is 0 Å². The van der Waals surface area contributed by atoms with E-state index in [-0.39, 0.29) is 24.1 Å². The van der Waals surface area contributed by atoms with Crippen molar-refractivity contribution in [3.63, 3.8) is 0 Å². The molecule has 36 heavy (non-hydrogen) atoms. The molecule has 0 spiro atoms. The fraction of sp³-hybridized carbons (Fsp3) is 0.345. The minimum absolute atomic E-state index is 0.106. The third kappa shape index (κ3) is 5.04. The van der Waals surface area contributed by atoms with E-state index in [9.17, 15) is 13.2 Å². The van der Waals surface area contributed by atoms with Crippen LogP contribution in [0, 0.1) is 5.92 Å². The highest BCUT2D eigenvalue weighted by atomic mass is 32.2. The van der Waals surface area contributed by atoms with Crippen LogP contribution in [0.2, 0.25) is 0 Å². The number of anilines is 1. The highest BCUT2D eigenvalue weighted by Crippen LogP contribution is 2.31. The lowest BCUT2D eigenvalue weighted by molar-refractivity contribution is -0.120. The van der Waals surface area contributed by atoms with Crippen LogP contribution in [-0.2, 0) is 27.8 Å². The second-order valence-electron chi connectivity index (χ2n) is 9.58. The van der Waals surface area contributed by atoms with Gasteiger partial charge in [-0.05, 0) is 62.4 Å². The SMILES string of the molecule is CCn1c2ccccc2c2cc(NC(=O)C3CCCN(S(=O)(=O)CCCc4ccccc4)C3)ccc21. The predicted octanol–water partition coefficient (Wildman–Crippen LogP) is 5.43. The number of amides is 1. The summed E-state index contributed by atoms with van der Waals surface area (Å²) in [7, 11) is -3.40. The Morgan fingerprint density at radius 3 is 2.53 bits per heavy atom. The summed E-state index contributed by atoms with van der Waals surface area (Å²) in [5.74, 6) is -0.359. The number of hydrogen-bond acceptors (Lipinski definition) is 3. The lowest BCUT2D eigenvalue weighted by Gasteiger charge is -2.31. The molecule has 1 aliphatic heterocycles. The Kier molecular flexibility index (Phi) is 7.12. The second-order valence-corrected chi connectivity index (χ2v) is 11.7. The highest BCUT2D eigenvalue weighted by Gasteiger charge is 2.32. The van der Waals surface area contributed by atoms with Crippen LogP contribution >= 0.6 is 0 Å². The molecule has 1 amide bonds. The van der Waals surface area contributed by atoms with E-state index in [0.717, 1.165) is 40.5 Å². The zero-order chi connectivity index (χ0) is 25.1. The molecule has 0 aliphatic carbocycles. The molecule has 0 bridgehead atoms. The minimum Gasteiger partial charge on any atom is -0.341 e. The van der Waals surface area contributed by atoms with Gasteiger partial charge in [-0.25, -0.2) is 12.7 Å². The first-order valence-electron chi connectivity index (χ1n) is 12.8. The fourth-order valence-electron chi connectivity index (χ4n) is 5.36. The molecular weight excluding hydrogens is 470 g/mol. The van der Waals surface area contributed by atoms with Crippen LogP contribution in [-0.4, -0.2) is 42.0 Å². The van der Waals surface area contributed by atoms with Gasteiger partial charge in [-0.2, -0.15) is 0 Å². The lowest BCUT2D eigenvalue weighted by atomic mass is 9.98. The molecule has 1 N–H and O–H groups in total. The summed E-state index contributed by atoms with van der Waals surface area (Å²) >= 11 is 0. The van der Waals surface area contributed by atoms with Crippen molar-refractivity contribution in [2.75, 3.05) is 24.2 Å². The largest absolute Gasteiger partial charge is 0.341 e. The summed E-state index contributed by atoms with van der Waals surface area (Å²) in [5.41, 5.74) is 4.21. The van der Waals surface area contributed by atoms with E-state index in [0.29, 0.717) is 25.8 Å². The maximum absolute atomic E-state index is 13.2. The molecule has 1 fully saturated rings. The van der Waals surface area contributed by atoms with Crippen LogP contribution in [0.1, 0.15) is 31.7 Å². The molecule has 0 saturated carbocycles. The van der Waals surface area contributed by atoms with Crippen molar-refractivity contribution in [2.24, 2.45) is 5.92 Å². The van der Waals surface area contributed by atoms with E-state index in [2.05, 4.69) is 35.0 Å². The first-order chi connectivity index (χ1) is 17.5. The molecule has 1 atom stereocenters. The number of carbonyl (C=O) groups excluding carboxylic acids is 1. The van der Waals surface area contributed by atoms with Crippen molar-refractivity contribution >= 4 is 43.4 Å². The van der Waals surface area contributed by atoms with Crippen molar-refractivity contribution in [1.29, 1.82) is 0 Å². The van der Waals surface area contributed by atoms with Crippen molar-refractivity contribution in [1.82, 2.24) is 8.87 Å². The topological polar surface area (TPSA) is 71.4 Å². The number of nitrogens with one attached hydrogen (secondary N) is 1. The monoisotopic (exact) mass is 503 g/mol. The number of sulfonamides is 1. The van der Waals surface area contributed by atoms with E-state index in [1.165, 1.54) is 9.82 Å². The van der Waals surface area contributed by atoms with Crippen LogP contribution < -0.4 is 5.32 Å². The zero-order valence-electron chi connectivity index (χ0n) is 20.7. The summed E-state index contributed by atoms with van der Waals surface area (Å²) in [6.07, 6.45) is 2.69. The smallest absolute Gasteiger partial charge is 0.228 e. The van der Waals surface area contributed by atoms with Gasteiger partial charge in [-0.3, -0.25) is 4.79 Å². The molecule has 4 aromatic rings. The number of para-hydroxylation sites is 1. The first-order valence-corrected chi connectivity index (χ1v) is 14.4. The van der Waals surface area contributed by atoms with Crippen LogP contribution in [0.15, 0.2) is 72.8 Å². The zero-order valence-corrected chi connectivity index (χ0v) is 21.5. The second kappa shape index (κ2) is 10.4. The predicted molar refractivity (Wildman–Crippen MR) is 147 cm³/mol. The summed E-state index contributed by atoms with van der Waals surface area (Å²) in [6, 6.07) is 24.3. The maximum Gasteiger partial charge on any atom is 0.228 e. The maximum atomic E-state index is 13.2. The standard InChI is InChI=1S/C29H33N3O3S/c1-2-32-27-15-7-6-14-25(27)26-20-24(16-17-28(26)32)30-29(33)23-13-8-18-31(21-23)36(34,35)19-9-12-22-10-4-3-5-11-22/h3-7,10-11,14-17,20,23H,2,8-9,12-13,18-19,21H2,1H3,(H,30,33).